The molecule has 0 bridgehead atoms. The Kier molecular flexibility index (Phi) is 4.17. The van der Waals surface area contributed by atoms with Crippen LogP contribution < -0.4 is 0 Å². The van der Waals surface area contributed by atoms with Gasteiger partial charge in [-0.15, -0.1) is 5.10 Å². The molecule has 2 rings (SSSR count). The largest absolute Gasteiger partial charge is 0.389 e. The van der Waals surface area contributed by atoms with Gasteiger partial charge in [-0.1, -0.05) is 5.21 Å². The van der Waals surface area contributed by atoms with Crippen LogP contribution in [-0.2, 0) is 17.7 Å². The Morgan fingerprint density at radius 3 is 2.74 bits per heavy atom. The van der Waals surface area contributed by atoms with E-state index >= 15 is 0 Å². The lowest BCUT2D eigenvalue weighted by Gasteiger charge is -2.25. The van der Waals surface area contributed by atoms with Crippen molar-refractivity contribution in [1.29, 1.82) is 5.26 Å². The van der Waals surface area contributed by atoms with Crippen molar-refractivity contribution < 1.29 is 9.84 Å². The van der Waals surface area contributed by atoms with Crippen molar-refractivity contribution in [1.82, 2.24) is 15.0 Å². The van der Waals surface area contributed by atoms with Crippen LogP contribution in [0.4, 0.5) is 0 Å². The van der Waals surface area contributed by atoms with E-state index in [-0.39, 0.29) is 6.42 Å². The van der Waals surface area contributed by atoms with Gasteiger partial charge in [0.05, 0.1) is 30.3 Å². The lowest BCUT2D eigenvalue weighted by molar-refractivity contribution is 0.0529. The molecule has 104 valence electrons. The quantitative estimate of drug-likeness (QED) is 0.877. The fourth-order valence-electron chi connectivity index (χ4n) is 2.46. The number of hydrogen-bond donors (Lipinski definition) is 1. The maximum atomic E-state index is 9.95. The molecule has 1 aliphatic heterocycles. The number of nitrogens with zero attached hydrogens (tertiary/aromatic N) is 4. The summed E-state index contributed by atoms with van der Waals surface area (Å²) in [5.41, 5.74) is 0.878. The smallest absolute Gasteiger partial charge is 0.100 e. The third-order valence-corrected chi connectivity index (χ3v) is 3.24. The molecule has 1 aliphatic rings. The van der Waals surface area contributed by atoms with Crippen molar-refractivity contribution in [2.45, 2.75) is 51.2 Å². The van der Waals surface area contributed by atoms with E-state index in [0.29, 0.717) is 12.5 Å². The summed E-state index contributed by atoms with van der Waals surface area (Å²) in [6, 6.07) is 2.13. The second kappa shape index (κ2) is 5.68. The first kappa shape index (κ1) is 14.0. The molecular formula is C13H20N4O2. The van der Waals surface area contributed by atoms with Gasteiger partial charge in [0.15, 0.2) is 0 Å². The summed E-state index contributed by atoms with van der Waals surface area (Å²) in [6.45, 7) is 5.33. The molecule has 19 heavy (non-hydrogen) atoms. The Morgan fingerprint density at radius 1 is 1.47 bits per heavy atom. The second-order valence-electron chi connectivity index (χ2n) is 5.61. The van der Waals surface area contributed by atoms with Gasteiger partial charge in [0, 0.05) is 19.1 Å². The fourth-order valence-corrected chi connectivity index (χ4v) is 2.46. The Hall–Kier alpha value is -1.45. The molecule has 1 aromatic rings. The summed E-state index contributed by atoms with van der Waals surface area (Å²) >= 11 is 0. The van der Waals surface area contributed by atoms with Crippen LogP contribution in [0.3, 0.4) is 0 Å². The highest BCUT2D eigenvalue weighted by Crippen LogP contribution is 2.29. The highest BCUT2D eigenvalue weighted by atomic mass is 16.5. The summed E-state index contributed by atoms with van der Waals surface area (Å²) < 4.78 is 7.13. The van der Waals surface area contributed by atoms with Crippen molar-refractivity contribution in [2.24, 2.45) is 0 Å². The number of aliphatic hydroxyl groups is 1. The summed E-state index contributed by atoms with van der Waals surface area (Å²) in [7, 11) is 0. The molecule has 1 N–H and O–H groups in total. The standard InChI is InChI=1S/C13H20N4O2/c1-13(2,18)9-17-12(10-4-7-19-8-5-10)11(3-6-14)15-16-17/h10,18H,3-5,7-9H2,1-2H3. The molecule has 0 saturated carbocycles. The first-order chi connectivity index (χ1) is 9.01. The molecule has 0 amide bonds. The van der Waals surface area contributed by atoms with E-state index in [4.69, 9.17) is 10.00 Å². The molecule has 0 aromatic carbocycles. The van der Waals surface area contributed by atoms with Crippen molar-refractivity contribution in [3.05, 3.63) is 11.4 Å². The zero-order chi connectivity index (χ0) is 13.9. The van der Waals surface area contributed by atoms with Crippen LogP contribution in [0.1, 0.15) is 44.0 Å². The maximum absolute atomic E-state index is 9.95. The molecule has 0 atom stereocenters. The predicted molar refractivity (Wildman–Crippen MR) is 68.4 cm³/mol. The molecular weight excluding hydrogens is 244 g/mol. The van der Waals surface area contributed by atoms with E-state index in [2.05, 4.69) is 16.4 Å². The molecule has 1 saturated heterocycles. The highest BCUT2D eigenvalue weighted by Gasteiger charge is 2.27. The molecule has 0 radical (unpaired) electrons. The van der Waals surface area contributed by atoms with Crippen LogP contribution in [0.25, 0.3) is 0 Å². The van der Waals surface area contributed by atoms with Gasteiger partial charge in [-0.25, -0.2) is 4.68 Å². The van der Waals surface area contributed by atoms with Crippen LogP contribution in [0, 0.1) is 11.3 Å². The Balaban J connectivity index is 2.30. The van der Waals surface area contributed by atoms with E-state index in [9.17, 15) is 5.11 Å². The second-order valence-corrected chi connectivity index (χ2v) is 5.61. The van der Waals surface area contributed by atoms with Crippen LogP contribution in [-0.4, -0.2) is 38.9 Å². The highest BCUT2D eigenvalue weighted by molar-refractivity contribution is 5.19. The van der Waals surface area contributed by atoms with E-state index in [1.54, 1.807) is 18.5 Å². The van der Waals surface area contributed by atoms with Crippen LogP contribution >= 0.6 is 0 Å². The minimum absolute atomic E-state index is 0.262. The van der Waals surface area contributed by atoms with Crippen LogP contribution in [0.15, 0.2) is 0 Å². The number of ether oxygens (including phenoxy) is 1. The number of hydrogen-bond acceptors (Lipinski definition) is 5. The lowest BCUT2D eigenvalue weighted by Crippen LogP contribution is -2.29. The van der Waals surface area contributed by atoms with E-state index in [1.807, 2.05) is 0 Å². The zero-order valence-electron chi connectivity index (χ0n) is 11.5. The molecule has 0 unspecified atom stereocenters. The van der Waals surface area contributed by atoms with Gasteiger partial charge in [-0.05, 0) is 26.7 Å². The van der Waals surface area contributed by atoms with E-state index in [1.165, 1.54) is 0 Å². The number of nitriles is 1. The molecule has 2 heterocycles. The van der Waals surface area contributed by atoms with Crippen LogP contribution in [0.5, 0.6) is 0 Å². The average Bonchev–Trinajstić information content (AvgIpc) is 2.71. The number of rotatable bonds is 4. The van der Waals surface area contributed by atoms with Crippen molar-refractivity contribution in [2.75, 3.05) is 13.2 Å². The lowest BCUT2D eigenvalue weighted by atomic mass is 9.94. The van der Waals surface area contributed by atoms with Gasteiger partial charge < -0.3 is 9.84 Å². The molecule has 6 heteroatoms. The van der Waals surface area contributed by atoms with Crippen molar-refractivity contribution in [3.63, 3.8) is 0 Å². The summed E-state index contributed by atoms with van der Waals surface area (Å²) in [5.74, 6) is 0.314. The van der Waals surface area contributed by atoms with Gasteiger partial charge in [-0.2, -0.15) is 5.26 Å². The minimum atomic E-state index is -0.850. The molecule has 1 fully saturated rings. The zero-order valence-corrected chi connectivity index (χ0v) is 11.5. The van der Waals surface area contributed by atoms with Crippen LogP contribution in [0.2, 0.25) is 0 Å². The molecule has 1 aromatic heterocycles. The Morgan fingerprint density at radius 2 is 2.16 bits per heavy atom. The fraction of sp³-hybridized carbons (Fsp3) is 0.769. The molecule has 6 nitrogen and oxygen atoms in total. The number of aromatic nitrogens is 3. The van der Waals surface area contributed by atoms with E-state index in [0.717, 1.165) is 37.4 Å². The van der Waals surface area contributed by atoms with Gasteiger partial charge in [0.2, 0.25) is 0 Å². The third kappa shape index (κ3) is 3.52. The summed E-state index contributed by atoms with van der Waals surface area (Å²) in [4.78, 5) is 0. The third-order valence-electron chi connectivity index (χ3n) is 3.24. The van der Waals surface area contributed by atoms with Gasteiger partial charge in [-0.3, -0.25) is 0 Å². The average molecular weight is 264 g/mol. The summed E-state index contributed by atoms with van der Waals surface area (Å²) in [6.07, 6.45) is 2.09. The molecule has 0 aliphatic carbocycles. The Labute approximate surface area is 113 Å². The predicted octanol–water partition coefficient (Wildman–Crippen LogP) is 1.01. The van der Waals surface area contributed by atoms with Gasteiger partial charge >= 0.3 is 0 Å². The normalized spacial score (nSPS) is 17.4. The maximum Gasteiger partial charge on any atom is 0.100 e. The Bertz CT molecular complexity index is 464. The monoisotopic (exact) mass is 264 g/mol. The first-order valence-corrected chi connectivity index (χ1v) is 6.60. The van der Waals surface area contributed by atoms with Gasteiger partial charge in [0.25, 0.3) is 0 Å². The minimum Gasteiger partial charge on any atom is -0.389 e. The SMILES string of the molecule is CC(C)(O)Cn1nnc(CC#N)c1C1CCOCC1. The van der Waals surface area contributed by atoms with E-state index < -0.39 is 5.60 Å². The molecule has 0 spiro atoms. The first-order valence-electron chi connectivity index (χ1n) is 6.60. The van der Waals surface area contributed by atoms with Crippen molar-refractivity contribution in [3.8, 4) is 6.07 Å². The topological polar surface area (TPSA) is 84.0 Å². The van der Waals surface area contributed by atoms with Crippen molar-refractivity contribution >= 4 is 0 Å². The summed E-state index contributed by atoms with van der Waals surface area (Å²) in [5, 5.41) is 27.1. The van der Waals surface area contributed by atoms with Gasteiger partial charge in [0.1, 0.15) is 5.69 Å².